The zero-order valence-corrected chi connectivity index (χ0v) is 17.7. The molecule has 7 nitrogen and oxygen atoms in total. The van der Waals surface area contributed by atoms with Crippen LogP contribution in [0.1, 0.15) is 31.1 Å². The van der Waals surface area contributed by atoms with Gasteiger partial charge in [0.05, 0.1) is 16.7 Å². The lowest BCUT2D eigenvalue weighted by atomic mass is 9.95. The first-order chi connectivity index (χ1) is 14.2. The number of hydrogen-bond acceptors (Lipinski definition) is 4. The summed E-state index contributed by atoms with van der Waals surface area (Å²) < 4.78 is 20.5. The Labute approximate surface area is 177 Å². The number of amides is 2. The molecule has 2 aromatic carbocycles. The van der Waals surface area contributed by atoms with E-state index in [2.05, 4.69) is 15.4 Å². The van der Waals surface area contributed by atoms with E-state index in [9.17, 15) is 13.8 Å². The molecule has 0 aliphatic heterocycles. The molecule has 0 saturated heterocycles. The summed E-state index contributed by atoms with van der Waals surface area (Å²) in [6.07, 6.45) is 2.77. The Balaban J connectivity index is 1.63. The largest absolute Gasteiger partial charge is 0.472 e. The molecule has 1 heterocycles. The van der Waals surface area contributed by atoms with E-state index in [1.807, 2.05) is 20.8 Å². The minimum absolute atomic E-state index is 0.0823. The van der Waals surface area contributed by atoms with Crippen LogP contribution in [0.15, 0.2) is 76.4 Å². The number of hydrogen-bond donors (Lipinski definition) is 3. The number of rotatable bonds is 6. The van der Waals surface area contributed by atoms with Crippen molar-refractivity contribution in [3.63, 3.8) is 0 Å². The molecule has 0 fully saturated rings. The highest BCUT2D eigenvalue weighted by molar-refractivity contribution is 7.86. The molecular weight excluding hydrogens is 402 g/mol. The van der Waals surface area contributed by atoms with Crippen molar-refractivity contribution in [3.05, 3.63) is 72.7 Å². The quantitative estimate of drug-likeness (QED) is 0.535. The van der Waals surface area contributed by atoms with Gasteiger partial charge in [-0.05, 0) is 48.5 Å². The predicted molar refractivity (Wildman–Crippen MR) is 118 cm³/mol. The molecule has 1 unspecified atom stereocenters. The monoisotopic (exact) mass is 425 g/mol. The van der Waals surface area contributed by atoms with Gasteiger partial charge in [-0.15, -0.1) is 0 Å². The minimum atomic E-state index is -1.53. The Bertz CT molecular complexity index is 1050. The fourth-order valence-corrected chi connectivity index (χ4v) is 3.30. The van der Waals surface area contributed by atoms with Crippen molar-refractivity contribution in [1.29, 1.82) is 0 Å². The summed E-state index contributed by atoms with van der Waals surface area (Å²) in [5, 5.41) is 5.58. The average Bonchev–Trinajstić information content (AvgIpc) is 3.24. The summed E-state index contributed by atoms with van der Waals surface area (Å²) in [6.45, 7) is 5.52. The van der Waals surface area contributed by atoms with Gasteiger partial charge < -0.3 is 19.8 Å². The molecule has 3 rings (SSSR count). The van der Waals surface area contributed by atoms with Gasteiger partial charge in [0, 0.05) is 22.5 Å². The van der Waals surface area contributed by atoms with Crippen LogP contribution >= 0.6 is 0 Å². The molecule has 0 radical (unpaired) electrons. The highest BCUT2D eigenvalue weighted by Crippen LogP contribution is 2.21. The van der Waals surface area contributed by atoms with E-state index in [0.29, 0.717) is 27.5 Å². The molecule has 156 valence electrons. The molecule has 0 spiro atoms. The second kappa shape index (κ2) is 8.96. The average molecular weight is 426 g/mol. The fourth-order valence-electron chi connectivity index (χ4n) is 2.39. The van der Waals surface area contributed by atoms with E-state index in [-0.39, 0.29) is 11.8 Å². The Morgan fingerprint density at radius 1 is 0.900 bits per heavy atom. The smallest absolute Gasteiger partial charge is 0.258 e. The van der Waals surface area contributed by atoms with Gasteiger partial charge in [0.2, 0.25) is 5.91 Å². The van der Waals surface area contributed by atoms with Crippen molar-refractivity contribution in [2.24, 2.45) is 5.41 Å². The second-order valence-corrected chi connectivity index (χ2v) is 8.86. The fraction of sp³-hybridized carbons (Fsp3) is 0.182. The third-order valence-corrected chi connectivity index (χ3v) is 5.23. The molecule has 0 aliphatic rings. The molecule has 3 aromatic rings. The first-order valence-electron chi connectivity index (χ1n) is 9.26. The normalized spacial score (nSPS) is 12.1. The van der Waals surface area contributed by atoms with E-state index >= 15 is 0 Å². The summed E-state index contributed by atoms with van der Waals surface area (Å²) in [5.41, 5.74) is 1.73. The number of anilines is 3. The number of benzene rings is 2. The number of nitrogens with one attached hydrogen (secondary N) is 3. The third-order valence-electron chi connectivity index (χ3n) is 4.12. The number of carbonyl (C=O) groups excluding carboxylic acids is 2. The maximum atomic E-state index is 12.7. The molecule has 0 aliphatic carbocycles. The first kappa shape index (κ1) is 21.3. The van der Waals surface area contributed by atoms with Crippen molar-refractivity contribution in [1.82, 2.24) is 0 Å². The van der Waals surface area contributed by atoms with E-state index in [1.165, 1.54) is 12.5 Å². The van der Waals surface area contributed by atoms with Crippen LogP contribution in [0.5, 0.6) is 0 Å². The summed E-state index contributed by atoms with van der Waals surface area (Å²) in [4.78, 5) is 24.7. The Morgan fingerprint density at radius 3 is 2.23 bits per heavy atom. The van der Waals surface area contributed by atoms with Gasteiger partial charge in [-0.3, -0.25) is 9.59 Å². The van der Waals surface area contributed by atoms with Crippen LogP contribution in [0.3, 0.4) is 0 Å². The van der Waals surface area contributed by atoms with Gasteiger partial charge in [-0.2, -0.15) is 0 Å². The molecule has 8 heteroatoms. The summed E-state index contributed by atoms with van der Waals surface area (Å²) in [7, 11) is -1.53. The summed E-state index contributed by atoms with van der Waals surface area (Å²) in [6, 6.07) is 15.3. The van der Waals surface area contributed by atoms with Crippen molar-refractivity contribution in [2.75, 3.05) is 15.4 Å². The maximum absolute atomic E-state index is 12.7. The van der Waals surface area contributed by atoms with Gasteiger partial charge in [0.1, 0.15) is 17.2 Å². The number of furan rings is 1. The lowest BCUT2D eigenvalue weighted by molar-refractivity contribution is -0.123. The predicted octanol–water partition coefficient (Wildman–Crippen LogP) is 4.65. The van der Waals surface area contributed by atoms with Crippen LogP contribution in [0.2, 0.25) is 0 Å². The number of carbonyl (C=O) groups is 2. The zero-order valence-electron chi connectivity index (χ0n) is 16.9. The van der Waals surface area contributed by atoms with Crippen LogP contribution in [0.4, 0.5) is 17.1 Å². The second-order valence-electron chi connectivity index (χ2n) is 7.65. The molecule has 0 saturated carbocycles. The SMILES string of the molecule is CC(C)(C)C(=O)Nc1ccc(NS(=O)c2cccc(NC(=O)c3ccoc3)c2)cc1. The molecule has 3 N–H and O–H groups in total. The Kier molecular flexibility index (Phi) is 6.37. The maximum Gasteiger partial charge on any atom is 0.258 e. The van der Waals surface area contributed by atoms with Gasteiger partial charge >= 0.3 is 0 Å². The highest BCUT2D eigenvalue weighted by atomic mass is 32.2. The molecule has 1 atom stereocenters. The van der Waals surface area contributed by atoms with Crippen LogP contribution < -0.4 is 15.4 Å². The van der Waals surface area contributed by atoms with E-state index in [1.54, 1.807) is 54.6 Å². The third kappa shape index (κ3) is 5.57. The van der Waals surface area contributed by atoms with Crippen molar-refractivity contribution >= 4 is 39.9 Å². The molecule has 2 amide bonds. The van der Waals surface area contributed by atoms with Gasteiger partial charge in [0.15, 0.2) is 0 Å². The highest BCUT2D eigenvalue weighted by Gasteiger charge is 2.21. The summed E-state index contributed by atoms with van der Waals surface area (Å²) >= 11 is 0. The van der Waals surface area contributed by atoms with Gasteiger partial charge in [-0.25, -0.2) is 4.21 Å². The van der Waals surface area contributed by atoms with E-state index in [0.717, 1.165) is 0 Å². The van der Waals surface area contributed by atoms with Crippen LogP contribution in [0.25, 0.3) is 0 Å². The summed E-state index contributed by atoms with van der Waals surface area (Å²) in [5.74, 6) is -0.395. The van der Waals surface area contributed by atoms with Gasteiger partial charge in [0.25, 0.3) is 5.91 Å². The van der Waals surface area contributed by atoms with Crippen LogP contribution in [0, 0.1) is 5.41 Å². The van der Waals surface area contributed by atoms with Crippen molar-refractivity contribution in [3.8, 4) is 0 Å². The van der Waals surface area contributed by atoms with Crippen LogP contribution in [-0.4, -0.2) is 16.0 Å². The lowest BCUT2D eigenvalue weighted by Gasteiger charge is -2.17. The van der Waals surface area contributed by atoms with Gasteiger partial charge in [-0.1, -0.05) is 26.8 Å². The Hall–Kier alpha value is -3.39. The molecular formula is C22H23N3O4S. The molecule has 1 aromatic heterocycles. The molecule has 30 heavy (non-hydrogen) atoms. The Morgan fingerprint density at radius 2 is 1.60 bits per heavy atom. The lowest BCUT2D eigenvalue weighted by Crippen LogP contribution is -2.27. The van der Waals surface area contributed by atoms with Crippen LogP contribution in [-0.2, 0) is 15.8 Å². The molecule has 0 bridgehead atoms. The first-order valence-corrected chi connectivity index (χ1v) is 10.4. The topological polar surface area (TPSA) is 100 Å². The minimum Gasteiger partial charge on any atom is -0.472 e. The van der Waals surface area contributed by atoms with Crippen molar-refractivity contribution in [2.45, 2.75) is 25.7 Å². The zero-order chi connectivity index (χ0) is 21.7. The van der Waals surface area contributed by atoms with E-state index < -0.39 is 16.4 Å². The van der Waals surface area contributed by atoms with E-state index in [4.69, 9.17) is 4.42 Å². The van der Waals surface area contributed by atoms with Crippen molar-refractivity contribution < 1.29 is 18.2 Å². The standard InChI is InChI=1S/C22H23N3O4S/c1-22(2,3)21(27)24-16-7-9-17(10-8-16)25-30(28)19-6-4-5-18(13-19)23-20(26)15-11-12-29-14-15/h4-14,25H,1-3H3,(H,23,26)(H,24,27).